The molecule has 1 aromatic heterocycles. The summed E-state index contributed by atoms with van der Waals surface area (Å²) in [6, 6.07) is 17.0. The molecule has 4 rings (SSSR count). The first-order valence-corrected chi connectivity index (χ1v) is 10.1. The summed E-state index contributed by atoms with van der Waals surface area (Å²) >= 11 is 0. The molecule has 2 aromatic carbocycles. The molecule has 3 amide bonds. The van der Waals surface area contributed by atoms with Gasteiger partial charge in [-0.25, -0.2) is 4.79 Å². The number of pyridine rings is 1. The van der Waals surface area contributed by atoms with Crippen molar-refractivity contribution >= 4 is 17.6 Å². The van der Waals surface area contributed by atoms with Crippen LogP contribution < -0.4 is 10.6 Å². The van der Waals surface area contributed by atoms with E-state index in [0.717, 1.165) is 28.7 Å². The molecule has 30 heavy (non-hydrogen) atoms. The number of aromatic nitrogens is 1. The maximum atomic E-state index is 12.7. The van der Waals surface area contributed by atoms with Crippen LogP contribution in [0, 0.1) is 0 Å². The summed E-state index contributed by atoms with van der Waals surface area (Å²) in [5, 5.41) is 5.76. The molecule has 0 unspecified atom stereocenters. The van der Waals surface area contributed by atoms with Crippen molar-refractivity contribution in [1.82, 2.24) is 15.2 Å². The normalized spacial score (nSPS) is 12.4. The highest BCUT2D eigenvalue weighted by molar-refractivity contribution is 5.95. The van der Waals surface area contributed by atoms with Gasteiger partial charge in [-0.15, -0.1) is 0 Å². The SMILES string of the molecule is CCCNC(=O)c1ccc(NC(=O)N2Cc3ccc(-c4cccnc4)cc3C2)cc1. The molecule has 0 radical (unpaired) electrons. The lowest BCUT2D eigenvalue weighted by atomic mass is 10.0. The number of nitrogens with zero attached hydrogens (tertiary/aromatic N) is 2. The predicted molar refractivity (Wildman–Crippen MR) is 117 cm³/mol. The zero-order valence-electron chi connectivity index (χ0n) is 16.9. The number of carbonyl (C=O) groups is 2. The van der Waals surface area contributed by atoms with Gasteiger partial charge >= 0.3 is 6.03 Å². The van der Waals surface area contributed by atoms with E-state index in [2.05, 4.69) is 33.8 Å². The van der Waals surface area contributed by atoms with Crippen molar-refractivity contribution in [3.63, 3.8) is 0 Å². The van der Waals surface area contributed by atoms with Gasteiger partial charge in [0, 0.05) is 43.3 Å². The van der Waals surface area contributed by atoms with Crippen molar-refractivity contribution in [2.45, 2.75) is 26.4 Å². The predicted octanol–water partition coefficient (Wildman–Crippen LogP) is 4.44. The van der Waals surface area contributed by atoms with E-state index < -0.39 is 0 Å². The molecular formula is C24H24N4O2. The molecule has 0 fully saturated rings. The number of hydrogen-bond acceptors (Lipinski definition) is 3. The Kier molecular flexibility index (Phi) is 5.75. The number of urea groups is 1. The fourth-order valence-corrected chi connectivity index (χ4v) is 3.50. The Morgan fingerprint density at radius 2 is 1.80 bits per heavy atom. The van der Waals surface area contributed by atoms with E-state index in [9.17, 15) is 9.59 Å². The second-order valence-electron chi connectivity index (χ2n) is 7.34. The Balaban J connectivity index is 1.39. The number of rotatable bonds is 5. The summed E-state index contributed by atoms with van der Waals surface area (Å²) in [5.74, 6) is -0.103. The second kappa shape index (κ2) is 8.78. The zero-order valence-corrected chi connectivity index (χ0v) is 16.9. The lowest BCUT2D eigenvalue weighted by molar-refractivity contribution is 0.0953. The zero-order chi connectivity index (χ0) is 20.9. The van der Waals surface area contributed by atoms with Crippen LogP contribution >= 0.6 is 0 Å². The third kappa shape index (κ3) is 4.33. The maximum absolute atomic E-state index is 12.7. The molecule has 0 saturated heterocycles. The van der Waals surface area contributed by atoms with Gasteiger partial charge in [0.25, 0.3) is 5.91 Å². The van der Waals surface area contributed by atoms with E-state index in [4.69, 9.17) is 0 Å². The summed E-state index contributed by atoms with van der Waals surface area (Å²) in [4.78, 5) is 30.7. The van der Waals surface area contributed by atoms with Crippen molar-refractivity contribution in [3.8, 4) is 11.1 Å². The van der Waals surface area contributed by atoms with Crippen LogP contribution in [0.2, 0.25) is 0 Å². The van der Waals surface area contributed by atoms with Crippen LogP contribution in [-0.2, 0) is 13.1 Å². The number of nitrogens with one attached hydrogen (secondary N) is 2. The topological polar surface area (TPSA) is 74.3 Å². The van der Waals surface area contributed by atoms with E-state index in [1.54, 1.807) is 35.4 Å². The van der Waals surface area contributed by atoms with E-state index >= 15 is 0 Å². The number of benzene rings is 2. The number of amides is 3. The molecule has 0 spiro atoms. The molecule has 1 aliphatic heterocycles. The largest absolute Gasteiger partial charge is 0.352 e. The summed E-state index contributed by atoms with van der Waals surface area (Å²) in [6.07, 6.45) is 4.49. The van der Waals surface area contributed by atoms with E-state index in [-0.39, 0.29) is 11.9 Å². The molecule has 0 saturated carbocycles. The van der Waals surface area contributed by atoms with Gasteiger partial charge in [0.1, 0.15) is 0 Å². The third-order valence-corrected chi connectivity index (χ3v) is 5.14. The van der Waals surface area contributed by atoms with Crippen LogP contribution in [0.1, 0.15) is 34.8 Å². The fraction of sp³-hybridized carbons (Fsp3) is 0.208. The minimum absolute atomic E-state index is 0.103. The van der Waals surface area contributed by atoms with E-state index in [1.807, 2.05) is 25.3 Å². The monoisotopic (exact) mass is 400 g/mol. The van der Waals surface area contributed by atoms with Crippen molar-refractivity contribution < 1.29 is 9.59 Å². The van der Waals surface area contributed by atoms with Crippen LogP contribution in [0.4, 0.5) is 10.5 Å². The van der Waals surface area contributed by atoms with E-state index in [1.165, 1.54) is 0 Å². The minimum atomic E-state index is -0.155. The van der Waals surface area contributed by atoms with Gasteiger partial charge in [-0.3, -0.25) is 9.78 Å². The smallest absolute Gasteiger partial charge is 0.322 e. The Morgan fingerprint density at radius 3 is 2.53 bits per heavy atom. The second-order valence-corrected chi connectivity index (χ2v) is 7.34. The molecule has 3 aromatic rings. The fourth-order valence-electron chi connectivity index (χ4n) is 3.50. The maximum Gasteiger partial charge on any atom is 0.322 e. The van der Waals surface area contributed by atoms with Gasteiger partial charge in [0.05, 0.1) is 0 Å². The van der Waals surface area contributed by atoms with Crippen LogP contribution in [-0.4, -0.2) is 28.4 Å². The highest BCUT2D eigenvalue weighted by Crippen LogP contribution is 2.28. The number of hydrogen-bond donors (Lipinski definition) is 2. The van der Waals surface area contributed by atoms with Crippen molar-refractivity contribution in [3.05, 3.63) is 83.7 Å². The Morgan fingerprint density at radius 1 is 1.00 bits per heavy atom. The molecule has 6 nitrogen and oxygen atoms in total. The van der Waals surface area contributed by atoms with Gasteiger partial charge in [0.2, 0.25) is 0 Å². The van der Waals surface area contributed by atoms with Crippen molar-refractivity contribution in [1.29, 1.82) is 0 Å². The Labute approximate surface area is 175 Å². The van der Waals surface area contributed by atoms with Crippen molar-refractivity contribution in [2.75, 3.05) is 11.9 Å². The average Bonchev–Trinajstić information content (AvgIpc) is 3.22. The van der Waals surface area contributed by atoms with Gasteiger partial charge < -0.3 is 15.5 Å². The summed E-state index contributed by atoms with van der Waals surface area (Å²) in [7, 11) is 0. The first-order valence-electron chi connectivity index (χ1n) is 10.1. The first-order chi connectivity index (χ1) is 14.6. The summed E-state index contributed by atoms with van der Waals surface area (Å²) in [6.45, 7) is 3.79. The molecule has 6 heteroatoms. The third-order valence-electron chi connectivity index (χ3n) is 5.14. The highest BCUT2D eigenvalue weighted by atomic mass is 16.2. The van der Waals surface area contributed by atoms with Gasteiger partial charge in [0.15, 0.2) is 0 Å². The molecule has 0 bridgehead atoms. The molecule has 2 heterocycles. The van der Waals surface area contributed by atoms with Crippen LogP contribution in [0.25, 0.3) is 11.1 Å². The van der Waals surface area contributed by atoms with Crippen LogP contribution in [0.5, 0.6) is 0 Å². The molecule has 2 N–H and O–H groups in total. The Hall–Kier alpha value is -3.67. The molecule has 152 valence electrons. The quantitative estimate of drug-likeness (QED) is 0.665. The van der Waals surface area contributed by atoms with Crippen LogP contribution in [0.15, 0.2) is 67.0 Å². The molecule has 1 aliphatic rings. The summed E-state index contributed by atoms with van der Waals surface area (Å²) < 4.78 is 0. The van der Waals surface area contributed by atoms with Gasteiger partial charge in [-0.2, -0.15) is 0 Å². The van der Waals surface area contributed by atoms with Gasteiger partial charge in [-0.1, -0.05) is 25.1 Å². The van der Waals surface area contributed by atoms with E-state index in [0.29, 0.717) is 30.9 Å². The summed E-state index contributed by atoms with van der Waals surface area (Å²) in [5.41, 5.74) is 5.71. The van der Waals surface area contributed by atoms with Crippen LogP contribution in [0.3, 0.4) is 0 Å². The standard InChI is InChI=1S/C24H24N4O2/c1-2-11-26-23(29)17-7-9-22(10-8-17)27-24(30)28-15-20-6-5-18(13-21(20)16-28)19-4-3-12-25-14-19/h3-10,12-14H,2,11,15-16H2,1H3,(H,26,29)(H,27,30). The Bertz CT molecular complexity index is 1050. The van der Waals surface area contributed by atoms with Gasteiger partial charge in [-0.05, 0) is 65.1 Å². The lowest BCUT2D eigenvalue weighted by Gasteiger charge is -2.16. The first kappa shape index (κ1) is 19.6. The van der Waals surface area contributed by atoms with Crippen molar-refractivity contribution in [2.24, 2.45) is 0 Å². The average molecular weight is 400 g/mol. The highest BCUT2D eigenvalue weighted by Gasteiger charge is 2.23. The number of anilines is 1. The lowest BCUT2D eigenvalue weighted by Crippen LogP contribution is -2.30. The minimum Gasteiger partial charge on any atom is -0.352 e. The number of fused-ring (bicyclic) bond motifs is 1. The molecular weight excluding hydrogens is 376 g/mol. The number of carbonyl (C=O) groups excluding carboxylic acids is 2. The molecule has 0 atom stereocenters. The molecule has 0 aliphatic carbocycles.